The first-order chi connectivity index (χ1) is 8.12. The summed E-state index contributed by atoms with van der Waals surface area (Å²) in [7, 11) is 0. The van der Waals surface area contributed by atoms with Crippen LogP contribution in [0.4, 0.5) is 0 Å². The standard InChI is InChI=1S/C13H23NO2S/c1-10-4-2-3-5-11(10)14-12(15)13(16)6-8-17-9-7-13/h10-11,16H,2-9H2,1H3,(H,14,15). The molecule has 2 aliphatic rings. The SMILES string of the molecule is CC1CCCCC1NC(=O)C1(O)CCSCC1. The first kappa shape index (κ1) is 13.2. The molecule has 1 saturated carbocycles. The summed E-state index contributed by atoms with van der Waals surface area (Å²) in [5, 5.41) is 13.4. The number of hydrogen-bond acceptors (Lipinski definition) is 3. The Balaban J connectivity index is 1.90. The fourth-order valence-electron chi connectivity index (χ4n) is 2.77. The second kappa shape index (κ2) is 5.61. The van der Waals surface area contributed by atoms with Crippen LogP contribution in [0, 0.1) is 5.92 Å². The summed E-state index contributed by atoms with van der Waals surface area (Å²) >= 11 is 1.82. The number of rotatable bonds is 2. The molecular formula is C13H23NO2S. The zero-order chi connectivity index (χ0) is 12.3. The van der Waals surface area contributed by atoms with Crippen LogP contribution in [0.25, 0.3) is 0 Å². The molecule has 4 heteroatoms. The first-order valence-electron chi connectivity index (χ1n) is 6.73. The summed E-state index contributed by atoms with van der Waals surface area (Å²) in [4.78, 5) is 12.2. The second-order valence-electron chi connectivity index (χ2n) is 5.49. The van der Waals surface area contributed by atoms with Crippen LogP contribution in [0.1, 0.15) is 45.4 Å². The predicted octanol–water partition coefficient (Wildman–Crippen LogP) is 1.94. The Labute approximate surface area is 108 Å². The lowest BCUT2D eigenvalue weighted by Gasteiger charge is -2.35. The lowest BCUT2D eigenvalue weighted by atomic mass is 9.85. The van der Waals surface area contributed by atoms with Crippen LogP contribution in [0.5, 0.6) is 0 Å². The molecule has 1 aliphatic heterocycles. The van der Waals surface area contributed by atoms with Gasteiger partial charge >= 0.3 is 0 Å². The van der Waals surface area contributed by atoms with Crippen LogP contribution < -0.4 is 5.32 Å². The third-order valence-electron chi connectivity index (χ3n) is 4.17. The zero-order valence-corrected chi connectivity index (χ0v) is 11.4. The summed E-state index contributed by atoms with van der Waals surface area (Å²) in [6.45, 7) is 2.20. The smallest absolute Gasteiger partial charge is 0.252 e. The molecule has 2 unspecified atom stereocenters. The van der Waals surface area contributed by atoms with E-state index in [1.54, 1.807) is 0 Å². The van der Waals surface area contributed by atoms with E-state index in [9.17, 15) is 9.90 Å². The van der Waals surface area contributed by atoms with Gasteiger partial charge in [0.15, 0.2) is 0 Å². The van der Waals surface area contributed by atoms with E-state index in [1.165, 1.54) is 19.3 Å². The fraction of sp³-hybridized carbons (Fsp3) is 0.923. The average molecular weight is 257 g/mol. The molecule has 1 aliphatic carbocycles. The number of carbonyl (C=O) groups excluding carboxylic acids is 1. The highest BCUT2D eigenvalue weighted by Gasteiger charge is 2.39. The Bertz CT molecular complexity index is 277. The molecule has 2 atom stereocenters. The third-order valence-corrected chi connectivity index (χ3v) is 5.16. The molecule has 0 spiro atoms. The van der Waals surface area contributed by atoms with Crippen molar-refractivity contribution in [3.8, 4) is 0 Å². The Kier molecular flexibility index (Phi) is 4.36. The molecule has 0 bridgehead atoms. The van der Waals surface area contributed by atoms with Gasteiger partial charge in [0.1, 0.15) is 5.60 Å². The predicted molar refractivity (Wildman–Crippen MR) is 71.1 cm³/mol. The summed E-state index contributed by atoms with van der Waals surface area (Å²) in [6.07, 6.45) is 5.93. The van der Waals surface area contributed by atoms with Crippen molar-refractivity contribution in [3.63, 3.8) is 0 Å². The monoisotopic (exact) mass is 257 g/mol. The molecule has 1 heterocycles. The van der Waals surface area contributed by atoms with Gasteiger partial charge in [-0.15, -0.1) is 0 Å². The third kappa shape index (κ3) is 3.16. The number of nitrogens with one attached hydrogen (secondary N) is 1. The lowest BCUT2D eigenvalue weighted by molar-refractivity contribution is -0.141. The Morgan fingerprint density at radius 1 is 1.29 bits per heavy atom. The molecule has 2 fully saturated rings. The molecule has 2 rings (SSSR count). The lowest BCUT2D eigenvalue weighted by Crippen LogP contribution is -2.53. The van der Waals surface area contributed by atoms with Crippen molar-refractivity contribution >= 4 is 17.7 Å². The quantitative estimate of drug-likeness (QED) is 0.795. The minimum atomic E-state index is -1.09. The van der Waals surface area contributed by atoms with Crippen LogP contribution in [0.3, 0.4) is 0 Å². The van der Waals surface area contributed by atoms with Gasteiger partial charge in [-0.1, -0.05) is 19.8 Å². The molecule has 3 nitrogen and oxygen atoms in total. The van der Waals surface area contributed by atoms with E-state index in [0.717, 1.165) is 17.9 Å². The molecule has 0 aromatic rings. The molecule has 0 aromatic heterocycles. The first-order valence-corrected chi connectivity index (χ1v) is 7.88. The van der Waals surface area contributed by atoms with Crippen molar-refractivity contribution in [1.82, 2.24) is 5.32 Å². The van der Waals surface area contributed by atoms with Gasteiger partial charge in [0.05, 0.1) is 0 Å². The van der Waals surface area contributed by atoms with Gasteiger partial charge in [0, 0.05) is 6.04 Å². The minimum absolute atomic E-state index is 0.128. The summed E-state index contributed by atoms with van der Waals surface area (Å²) in [6, 6.07) is 0.273. The Morgan fingerprint density at radius 2 is 1.94 bits per heavy atom. The van der Waals surface area contributed by atoms with Gasteiger partial charge in [0.25, 0.3) is 5.91 Å². The number of amides is 1. The van der Waals surface area contributed by atoms with E-state index in [2.05, 4.69) is 12.2 Å². The number of thioether (sulfide) groups is 1. The molecule has 2 N–H and O–H groups in total. The van der Waals surface area contributed by atoms with Crippen LogP contribution in [-0.4, -0.2) is 34.2 Å². The summed E-state index contributed by atoms with van der Waals surface area (Å²) in [5.41, 5.74) is -1.09. The largest absolute Gasteiger partial charge is 0.380 e. The van der Waals surface area contributed by atoms with E-state index in [1.807, 2.05) is 11.8 Å². The van der Waals surface area contributed by atoms with Gasteiger partial charge in [-0.2, -0.15) is 11.8 Å². The van der Waals surface area contributed by atoms with E-state index in [0.29, 0.717) is 18.8 Å². The van der Waals surface area contributed by atoms with Gasteiger partial charge in [0.2, 0.25) is 0 Å². The molecule has 98 valence electrons. The van der Waals surface area contributed by atoms with Crippen molar-refractivity contribution < 1.29 is 9.90 Å². The molecule has 1 amide bonds. The van der Waals surface area contributed by atoms with Crippen molar-refractivity contribution in [2.75, 3.05) is 11.5 Å². The summed E-state index contributed by atoms with van der Waals surface area (Å²) in [5.74, 6) is 2.21. The van der Waals surface area contributed by atoms with Gasteiger partial charge in [-0.05, 0) is 43.1 Å². The zero-order valence-electron chi connectivity index (χ0n) is 10.6. The maximum Gasteiger partial charge on any atom is 0.252 e. The highest BCUT2D eigenvalue weighted by Crippen LogP contribution is 2.29. The highest BCUT2D eigenvalue weighted by atomic mass is 32.2. The van der Waals surface area contributed by atoms with Crippen molar-refractivity contribution in [3.05, 3.63) is 0 Å². The molecule has 1 saturated heterocycles. The molecule has 0 radical (unpaired) electrons. The Morgan fingerprint density at radius 3 is 2.59 bits per heavy atom. The van der Waals surface area contributed by atoms with Crippen LogP contribution in [0.2, 0.25) is 0 Å². The van der Waals surface area contributed by atoms with Gasteiger partial charge in [-0.3, -0.25) is 4.79 Å². The minimum Gasteiger partial charge on any atom is -0.380 e. The fourth-order valence-corrected chi connectivity index (χ4v) is 3.94. The Hall–Kier alpha value is -0.220. The summed E-state index contributed by atoms with van der Waals surface area (Å²) < 4.78 is 0. The van der Waals surface area contributed by atoms with E-state index < -0.39 is 5.60 Å². The molecule has 17 heavy (non-hydrogen) atoms. The van der Waals surface area contributed by atoms with Crippen LogP contribution in [-0.2, 0) is 4.79 Å². The van der Waals surface area contributed by atoms with Crippen LogP contribution >= 0.6 is 11.8 Å². The molecular weight excluding hydrogens is 234 g/mol. The topological polar surface area (TPSA) is 49.3 Å². The number of hydrogen-bond donors (Lipinski definition) is 2. The highest BCUT2D eigenvalue weighted by molar-refractivity contribution is 7.99. The van der Waals surface area contributed by atoms with Gasteiger partial charge < -0.3 is 10.4 Å². The normalized spacial score (nSPS) is 33.1. The maximum atomic E-state index is 12.2. The maximum absolute atomic E-state index is 12.2. The van der Waals surface area contributed by atoms with Crippen LogP contribution in [0.15, 0.2) is 0 Å². The van der Waals surface area contributed by atoms with E-state index in [4.69, 9.17) is 0 Å². The van der Waals surface area contributed by atoms with Gasteiger partial charge in [-0.25, -0.2) is 0 Å². The number of carbonyl (C=O) groups is 1. The van der Waals surface area contributed by atoms with Crippen molar-refractivity contribution in [2.24, 2.45) is 5.92 Å². The van der Waals surface area contributed by atoms with E-state index >= 15 is 0 Å². The second-order valence-corrected chi connectivity index (χ2v) is 6.71. The van der Waals surface area contributed by atoms with Crippen molar-refractivity contribution in [1.29, 1.82) is 0 Å². The number of aliphatic hydroxyl groups is 1. The van der Waals surface area contributed by atoms with E-state index in [-0.39, 0.29) is 11.9 Å². The molecule has 0 aromatic carbocycles. The average Bonchev–Trinajstić information content (AvgIpc) is 2.33. The van der Waals surface area contributed by atoms with Crippen molar-refractivity contribution in [2.45, 2.75) is 57.1 Å².